The lowest BCUT2D eigenvalue weighted by atomic mass is 10.0. The van der Waals surface area contributed by atoms with E-state index in [4.69, 9.17) is 4.74 Å². The second-order valence-corrected chi connectivity index (χ2v) is 26.0. The van der Waals surface area contributed by atoms with Gasteiger partial charge >= 0.3 is 5.97 Å². The fourth-order valence-corrected chi connectivity index (χ4v) is 11.7. The minimum Gasteiger partial charge on any atom is -0.466 e. The molecular formula is C79H147NO5. The molecule has 6 heteroatoms. The highest BCUT2D eigenvalue weighted by atomic mass is 16.5. The molecule has 0 aromatic rings. The highest BCUT2D eigenvalue weighted by Gasteiger charge is 2.18. The van der Waals surface area contributed by atoms with E-state index in [9.17, 15) is 19.8 Å². The Labute approximate surface area is 530 Å². The van der Waals surface area contributed by atoms with Gasteiger partial charge in [-0.05, 0) is 89.9 Å². The smallest absolute Gasteiger partial charge is 0.305 e. The Bertz CT molecular complexity index is 1470. The summed E-state index contributed by atoms with van der Waals surface area (Å²) in [5.41, 5.74) is 0. The summed E-state index contributed by atoms with van der Waals surface area (Å²) in [4.78, 5) is 24.6. The molecule has 0 aromatic heterocycles. The Kier molecular flexibility index (Phi) is 71.9. The van der Waals surface area contributed by atoms with Crippen LogP contribution in [-0.4, -0.2) is 47.4 Å². The number of amides is 1. The lowest BCUT2D eigenvalue weighted by Crippen LogP contribution is -2.45. The molecule has 498 valence electrons. The topological polar surface area (TPSA) is 95.9 Å². The van der Waals surface area contributed by atoms with Crippen LogP contribution in [0.5, 0.6) is 0 Å². The molecule has 0 rings (SSSR count). The summed E-state index contributed by atoms with van der Waals surface area (Å²) in [5, 5.41) is 23.2. The lowest BCUT2D eigenvalue weighted by molar-refractivity contribution is -0.143. The average Bonchev–Trinajstić information content (AvgIpc) is 3.50. The molecule has 0 bridgehead atoms. The lowest BCUT2D eigenvalue weighted by Gasteiger charge is -2.20. The summed E-state index contributed by atoms with van der Waals surface area (Å²) >= 11 is 0. The van der Waals surface area contributed by atoms with Gasteiger partial charge in [-0.2, -0.15) is 0 Å². The van der Waals surface area contributed by atoms with Crippen molar-refractivity contribution < 1.29 is 24.5 Å². The van der Waals surface area contributed by atoms with Gasteiger partial charge in [-0.3, -0.25) is 9.59 Å². The number of unbranched alkanes of at least 4 members (excludes halogenated alkanes) is 52. The van der Waals surface area contributed by atoms with Gasteiger partial charge in [0, 0.05) is 12.8 Å². The van der Waals surface area contributed by atoms with E-state index in [1.165, 1.54) is 321 Å². The summed E-state index contributed by atoms with van der Waals surface area (Å²) in [6.07, 6.45) is 99.0. The first kappa shape index (κ1) is 82.6. The number of carbonyl (C=O) groups excluding carboxylic acids is 2. The predicted molar refractivity (Wildman–Crippen MR) is 375 cm³/mol. The normalized spacial score (nSPS) is 12.8. The number of aliphatic hydroxyl groups is 2. The number of hydrogen-bond acceptors (Lipinski definition) is 5. The van der Waals surface area contributed by atoms with Gasteiger partial charge in [0.15, 0.2) is 0 Å². The van der Waals surface area contributed by atoms with Crippen LogP contribution >= 0.6 is 0 Å². The number of hydrogen-bond donors (Lipinski definition) is 3. The molecule has 3 N–H and O–H groups in total. The molecule has 0 spiro atoms. The third-order valence-corrected chi connectivity index (χ3v) is 17.5. The van der Waals surface area contributed by atoms with E-state index in [0.717, 1.165) is 57.8 Å². The number of ether oxygens (including phenoxy) is 1. The van der Waals surface area contributed by atoms with E-state index >= 15 is 0 Å². The van der Waals surface area contributed by atoms with E-state index in [-0.39, 0.29) is 18.5 Å². The number of esters is 1. The van der Waals surface area contributed by atoms with Gasteiger partial charge in [0.25, 0.3) is 0 Å². The molecule has 1 amide bonds. The Balaban J connectivity index is 3.38. The van der Waals surface area contributed by atoms with Crippen molar-refractivity contribution in [3.63, 3.8) is 0 Å². The van der Waals surface area contributed by atoms with E-state index in [1.807, 2.05) is 6.08 Å². The molecule has 0 aliphatic rings. The first-order valence-corrected chi connectivity index (χ1v) is 38.1. The number of aliphatic hydroxyl groups excluding tert-OH is 2. The molecule has 0 fully saturated rings. The fraction of sp³-hybridized carbons (Fsp3) is 0.848. The van der Waals surface area contributed by atoms with Gasteiger partial charge < -0.3 is 20.3 Å². The van der Waals surface area contributed by atoms with E-state index < -0.39 is 12.1 Å². The van der Waals surface area contributed by atoms with Crippen LogP contribution in [0.1, 0.15) is 406 Å². The average molecular weight is 1190 g/mol. The zero-order valence-corrected chi connectivity index (χ0v) is 57.1. The minimum absolute atomic E-state index is 0.00383. The SMILES string of the molecule is CCCC/C=C\C/C=C\CCCCCCCC(=O)OCCCCCCCCCCCCCCC/C=C\C/C=C\CCCCCCCCCCCCCCCCCCCC(=O)NC(CO)C(O)/C=C/CCCCCCCCCCCCCCCCC. The van der Waals surface area contributed by atoms with E-state index in [2.05, 4.69) is 67.8 Å². The van der Waals surface area contributed by atoms with Gasteiger partial charge in [0.2, 0.25) is 5.91 Å². The molecule has 6 nitrogen and oxygen atoms in total. The zero-order valence-electron chi connectivity index (χ0n) is 57.1. The van der Waals surface area contributed by atoms with Gasteiger partial charge in [0.05, 0.1) is 25.4 Å². The summed E-state index contributed by atoms with van der Waals surface area (Å²) in [6.45, 7) is 4.89. The zero-order chi connectivity index (χ0) is 61.3. The summed E-state index contributed by atoms with van der Waals surface area (Å²) < 4.78 is 5.48. The molecule has 0 saturated carbocycles. The van der Waals surface area contributed by atoms with Crippen LogP contribution in [0.15, 0.2) is 60.8 Å². The summed E-state index contributed by atoms with van der Waals surface area (Å²) in [6, 6.07) is -0.627. The van der Waals surface area contributed by atoms with Crippen molar-refractivity contribution in [3.8, 4) is 0 Å². The quantitative estimate of drug-likeness (QED) is 0.0320. The van der Waals surface area contributed by atoms with Crippen molar-refractivity contribution in [1.82, 2.24) is 5.32 Å². The van der Waals surface area contributed by atoms with Crippen molar-refractivity contribution in [2.45, 2.75) is 418 Å². The molecule has 0 aliphatic carbocycles. The Morgan fingerprint density at radius 2 is 0.600 bits per heavy atom. The molecule has 0 radical (unpaired) electrons. The maximum atomic E-state index is 12.5. The van der Waals surface area contributed by atoms with Crippen LogP contribution in [0.4, 0.5) is 0 Å². The van der Waals surface area contributed by atoms with Gasteiger partial charge in [-0.15, -0.1) is 0 Å². The Hall–Kier alpha value is -2.44. The highest BCUT2D eigenvalue weighted by molar-refractivity contribution is 5.76. The fourth-order valence-electron chi connectivity index (χ4n) is 11.7. The molecule has 0 aliphatic heterocycles. The van der Waals surface area contributed by atoms with Crippen LogP contribution in [0.25, 0.3) is 0 Å². The van der Waals surface area contributed by atoms with Crippen LogP contribution in [0.2, 0.25) is 0 Å². The Morgan fingerprint density at radius 1 is 0.329 bits per heavy atom. The van der Waals surface area contributed by atoms with E-state index in [0.29, 0.717) is 19.4 Å². The van der Waals surface area contributed by atoms with Crippen LogP contribution in [0.3, 0.4) is 0 Å². The molecule has 2 unspecified atom stereocenters. The molecule has 85 heavy (non-hydrogen) atoms. The number of carbonyl (C=O) groups is 2. The van der Waals surface area contributed by atoms with Gasteiger partial charge in [-0.25, -0.2) is 0 Å². The monoisotopic (exact) mass is 1190 g/mol. The number of allylic oxidation sites excluding steroid dienone is 9. The number of rotatable bonds is 71. The van der Waals surface area contributed by atoms with E-state index in [1.54, 1.807) is 6.08 Å². The van der Waals surface area contributed by atoms with Crippen LogP contribution in [0, 0.1) is 0 Å². The van der Waals surface area contributed by atoms with Crippen LogP contribution in [-0.2, 0) is 14.3 Å². The largest absolute Gasteiger partial charge is 0.466 e. The first-order valence-electron chi connectivity index (χ1n) is 38.1. The highest BCUT2D eigenvalue weighted by Crippen LogP contribution is 2.19. The second kappa shape index (κ2) is 74.0. The van der Waals surface area contributed by atoms with Crippen molar-refractivity contribution in [3.05, 3.63) is 60.8 Å². The van der Waals surface area contributed by atoms with Crippen molar-refractivity contribution >= 4 is 11.9 Å². The third-order valence-electron chi connectivity index (χ3n) is 17.5. The maximum absolute atomic E-state index is 12.5. The first-order chi connectivity index (χ1) is 42.0. The minimum atomic E-state index is -0.844. The van der Waals surface area contributed by atoms with Gasteiger partial charge in [0.1, 0.15) is 0 Å². The second-order valence-electron chi connectivity index (χ2n) is 26.0. The molecule has 2 atom stereocenters. The molecular weight excluding hydrogens is 1040 g/mol. The van der Waals surface area contributed by atoms with Crippen molar-refractivity contribution in [2.75, 3.05) is 13.2 Å². The summed E-state index contributed by atoms with van der Waals surface area (Å²) in [5.74, 6) is -0.0588. The maximum Gasteiger partial charge on any atom is 0.305 e. The predicted octanol–water partition coefficient (Wildman–Crippen LogP) is 25.0. The van der Waals surface area contributed by atoms with Crippen molar-refractivity contribution in [1.29, 1.82) is 0 Å². The van der Waals surface area contributed by atoms with Gasteiger partial charge in [-0.1, -0.05) is 364 Å². The summed E-state index contributed by atoms with van der Waals surface area (Å²) in [7, 11) is 0. The molecule has 0 saturated heterocycles. The molecule has 0 aromatic carbocycles. The Morgan fingerprint density at radius 3 is 0.929 bits per heavy atom. The third kappa shape index (κ3) is 70.5. The molecule has 0 heterocycles. The number of nitrogens with one attached hydrogen (secondary N) is 1. The van der Waals surface area contributed by atoms with Crippen LogP contribution < -0.4 is 5.32 Å². The van der Waals surface area contributed by atoms with Crippen molar-refractivity contribution in [2.24, 2.45) is 0 Å². The standard InChI is InChI=1S/C79H147NO5/c1-3-5-7-9-11-13-15-17-19-41-44-47-51-55-59-63-67-71-77(82)76(75-81)80-78(83)72-68-64-60-56-52-48-45-42-39-37-35-33-31-29-27-25-23-21-20-22-24-26-28-30-32-34-36-38-40-43-46-50-54-58-62-66-70-74-85-79(84)73-69-65-61-57-53-49-18-16-14-12-10-8-6-4-2/h10,12,16,18,20,22,26,28,67,71,76-77,81-82H,3-9,11,13-15,17,19,21,23-25,27,29-66,68-70,72-75H2,1-2H3,(H,80,83)/b12-10-,18-16-,22-20-,28-26-,71-67+.